The van der Waals surface area contributed by atoms with Gasteiger partial charge in [-0.3, -0.25) is 0 Å². The van der Waals surface area contributed by atoms with Gasteiger partial charge in [0.2, 0.25) is 11.8 Å². The fourth-order valence-corrected chi connectivity index (χ4v) is 1.59. The lowest BCUT2D eigenvalue weighted by atomic mass is 9.92. The summed E-state index contributed by atoms with van der Waals surface area (Å²) in [6, 6.07) is 0.747. The molecule has 1 aliphatic carbocycles. The van der Waals surface area contributed by atoms with Gasteiger partial charge in [-0.25, -0.2) is 0 Å². The van der Waals surface area contributed by atoms with E-state index in [2.05, 4.69) is 36.3 Å². The lowest BCUT2D eigenvalue weighted by molar-refractivity contribution is 0.344. The van der Waals surface area contributed by atoms with Crippen molar-refractivity contribution in [2.45, 2.75) is 52.5 Å². The van der Waals surface area contributed by atoms with E-state index in [9.17, 15) is 0 Å². The molecule has 0 radical (unpaired) electrons. The van der Waals surface area contributed by atoms with E-state index in [1.54, 1.807) is 0 Å². The molecule has 1 N–H and O–H groups in total. The zero-order valence-electron chi connectivity index (χ0n) is 10.4. The van der Waals surface area contributed by atoms with Crippen molar-refractivity contribution in [3.63, 3.8) is 0 Å². The van der Waals surface area contributed by atoms with Gasteiger partial charge in [0, 0.05) is 25.4 Å². The van der Waals surface area contributed by atoms with Crippen molar-refractivity contribution < 1.29 is 4.42 Å². The molecule has 0 aromatic carbocycles. The first-order chi connectivity index (χ1) is 7.53. The van der Waals surface area contributed by atoms with Crippen LogP contribution in [0.5, 0.6) is 0 Å². The van der Waals surface area contributed by atoms with Gasteiger partial charge in [0.15, 0.2) is 0 Å². The van der Waals surface area contributed by atoms with E-state index in [-0.39, 0.29) is 5.41 Å². The van der Waals surface area contributed by atoms with Crippen molar-refractivity contribution in [1.82, 2.24) is 15.5 Å². The maximum Gasteiger partial charge on any atom is 0.217 e. The summed E-state index contributed by atoms with van der Waals surface area (Å²) in [6.07, 6.45) is 4.32. The van der Waals surface area contributed by atoms with Crippen molar-refractivity contribution in [1.29, 1.82) is 0 Å². The molecule has 0 aliphatic heterocycles. The van der Waals surface area contributed by atoms with E-state index in [1.807, 2.05) is 0 Å². The average molecular weight is 223 g/mol. The molecule has 90 valence electrons. The SMILES string of the molecule is CC(C)(C)Cc1nnc(CCNC2CC2)o1. The van der Waals surface area contributed by atoms with Gasteiger partial charge in [-0.15, -0.1) is 10.2 Å². The Morgan fingerprint density at radius 2 is 1.94 bits per heavy atom. The largest absolute Gasteiger partial charge is 0.425 e. The number of nitrogens with zero attached hydrogens (tertiary/aromatic N) is 2. The summed E-state index contributed by atoms with van der Waals surface area (Å²) < 4.78 is 5.60. The highest BCUT2D eigenvalue weighted by Crippen LogP contribution is 2.20. The van der Waals surface area contributed by atoms with Crippen molar-refractivity contribution in [2.75, 3.05) is 6.54 Å². The molecule has 16 heavy (non-hydrogen) atoms. The van der Waals surface area contributed by atoms with Crippen molar-refractivity contribution >= 4 is 0 Å². The van der Waals surface area contributed by atoms with Crippen LogP contribution in [0.15, 0.2) is 4.42 Å². The third kappa shape index (κ3) is 3.93. The Morgan fingerprint density at radius 1 is 1.25 bits per heavy atom. The fourth-order valence-electron chi connectivity index (χ4n) is 1.59. The Hall–Kier alpha value is -0.900. The van der Waals surface area contributed by atoms with E-state index in [0.29, 0.717) is 0 Å². The van der Waals surface area contributed by atoms with Crippen LogP contribution in [0.1, 0.15) is 45.4 Å². The van der Waals surface area contributed by atoms with E-state index < -0.39 is 0 Å². The predicted octanol–water partition coefficient (Wildman–Crippen LogP) is 1.95. The van der Waals surface area contributed by atoms with Crippen molar-refractivity contribution in [3.05, 3.63) is 11.8 Å². The zero-order chi connectivity index (χ0) is 11.6. The van der Waals surface area contributed by atoms with Crippen LogP contribution in [0.25, 0.3) is 0 Å². The molecule has 1 heterocycles. The molecule has 0 spiro atoms. The lowest BCUT2D eigenvalue weighted by Crippen LogP contribution is -2.19. The molecule has 1 aromatic rings. The first-order valence-corrected chi connectivity index (χ1v) is 6.07. The number of aromatic nitrogens is 2. The lowest BCUT2D eigenvalue weighted by Gasteiger charge is -2.14. The minimum Gasteiger partial charge on any atom is -0.425 e. The highest BCUT2D eigenvalue weighted by atomic mass is 16.4. The van der Waals surface area contributed by atoms with Crippen LogP contribution in [-0.2, 0) is 12.8 Å². The summed E-state index contributed by atoms with van der Waals surface area (Å²) >= 11 is 0. The minimum atomic E-state index is 0.204. The Bertz CT molecular complexity index is 336. The molecule has 1 fully saturated rings. The molecule has 4 nitrogen and oxygen atoms in total. The van der Waals surface area contributed by atoms with E-state index in [0.717, 1.165) is 37.2 Å². The summed E-state index contributed by atoms with van der Waals surface area (Å²) in [7, 11) is 0. The topological polar surface area (TPSA) is 51.0 Å². The molecule has 4 heteroatoms. The molecular weight excluding hydrogens is 202 g/mol. The van der Waals surface area contributed by atoms with Crippen molar-refractivity contribution in [2.24, 2.45) is 5.41 Å². The van der Waals surface area contributed by atoms with Gasteiger partial charge in [-0.05, 0) is 18.3 Å². The second-order valence-electron chi connectivity index (χ2n) is 5.81. The summed E-state index contributed by atoms with van der Waals surface area (Å²) in [6.45, 7) is 7.46. The molecule has 0 atom stereocenters. The third-order valence-corrected chi connectivity index (χ3v) is 2.54. The molecule has 0 amide bonds. The second kappa shape index (κ2) is 4.53. The molecule has 1 aliphatic rings. The van der Waals surface area contributed by atoms with E-state index in [4.69, 9.17) is 4.42 Å². The average Bonchev–Trinajstić information content (AvgIpc) is 2.86. The molecule has 0 unspecified atom stereocenters. The monoisotopic (exact) mass is 223 g/mol. The number of hydrogen-bond donors (Lipinski definition) is 1. The Labute approximate surface area is 96.8 Å². The molecule has 0 saturated heterocycles. The normalized spacial score (nSPS) is 16.7. The second-order valence-corrected chi connectivity index (χ2v) is 5.81. The summed E-state index contributed by atoms with van der Waals surface area (Å²) in [5, 5.41) is 11.6. The number of hydrogen-bond acceptors (Lipinski definition) is 4. The van der Waals surface area contributed by atoms with Gasteiger partial charge in [-0.2, -0.15) is 0 Å². The molecule has 1 saturated carbocycles. The van der Waals surface area contributed by atoms with E-state index >= 15 is 0 Å². The van der Waals surface area contributed by atoms with E-state index in [1.165, 1.54) is 12.8 Å². The fraction of sp³-hybridized carbons (Fsp3) is 0.833. The quantitative estimate of drug-likeness (QED) is 0.829. The maximum absolute atomic E-state index is 5.60. The maximum atomic E-state index is 5.60. The smallest absolute Gasteiger partial charge is 0.217 e. The van der Waals surface area contributed by atoms with Crippen molar-refractivity contribution in [3.8, 4) is 0 Å². The first kappa shape index (κ1) is 11.6. The van der Waals surface area contributed by atoms with Crippen LogP contribution in [0, 0.1) is 5.41 Å². The standard InChI is InChI=1S/C12H21N3O/c1-12(2,3)8-11-15-14-10(16-11)6-7-13-9-4-5-9/h9,13H,4-8H2,1-3H3. The highest BCUT2D eigenvalue weighted by Gasteiger charge is 2.20. The van der Waals surface area contributed by atoms with Gasteiger partial charge >= 0.3 is 0 Å². The van der Waals surface area contributed by atoms with Crippen LogP contribution >= 0.6 is 0 Å². The summed E-state index contributed by atoms with van der Waals surface area (Å²) in [4.78, 5) is 0. The molecule has 2 rings (SSSR count). The van der Waals surface area contributed by atoms with Gasteiger partial charge < -0.3 is 9.73 Å². The van der Waals surface area contributed by atoms with Crippen LogP contribution in [0.2, 0.25) is 0 Å². The highest BCUT2D eigenvalue weighted by molar-refractivity contribution is 4.88. The summed E-state index contributed by atoms with van der Waals surface area (Å²) in [5.41, 5.74) is 0.204. The Kier molecular flexibility index (Phi) is 3.28. The predicted molar refractivity (Wildman–Crippen MR) is 62.2 cm³/mol. The van der Waals surface area contributed by atoms with Crippen LogP contribution in [0.3, 0.4) is 0 Å². The third-order valence-electron chi connectivity index (χ3n) is 2.54. The number of nitrogens with one attached hydrogen (secondary N) is 1. The van der Waals surface area contributed by atoms with Crippen LogP contribution in [-0.4, -0.2) is 22.8 Å². The van der Waals surface area contributed by atoms with Crippen LogP contribution < -0.4 is 5.32 Å². The summed E-state index contributed by atoms with van der Waals surface area (Å²) in [5.74, 6) is 1.52. The molecule has 1 aromatic heterocycles. The Morgan fingerprint density at radius 3 is 2.56 bits per heavy atom. The van der Waals surface area contributed by atoms with Gasteiger partial charge in [0.25, 0.3) is 0 Å². The van der Waals surface area contributed by atoms with Gasteiger partial charge in [0.1, 0.15) is 0 Å². The zero-order valence-corrected chi connectivity index (χ0v) is 10.4. The van der Waals surface area contributed by atoms with Gasteiger partial charge in [0.05, 0.1) is 0 Å². The van der Waals surface area contributed by atoms with Crippen LogP contribution in [0.4, 0.5) is 0 Å². The molecule has 0 bridgehead atoms. The minimum absolute atomic E-state index is 0.204. The number of rotatable bonds is 5. The van der Waals surface area contributed by atoms with Gasteiger partial charge in [-0.1, -0.05) is 20.8 Å². The molecular formula is C12H21N3O. The Balaban J connectivity index is 1.77. The first-order valence-electron chi connectivity index (χ1n) is 6.07.